The maximum atomic E-state index is 12.0. The van der Waals surface area contributed by atoms with E-state index in [0.717, 1.165) is 16.8 Å². The number of rotatable bonds is 3. The minimum absolute atomic E-state index is 0.219. The number of ether oxygens (including phenoxy) is 1. The fourth-order valence-corrected chi connectivity index (χ4v) is 1.68. The van der Waals surface area contributed by atoms with Gasteiger partial charge in [-0.1, -0.05) is 24.3 Å². The summed E-state index contributed by atoms with van der Waals surface area (Å²) in [6.07, 6.45) is -4.66. The molecule has 0 heterocycles. The van der Waals surface area contributed by atoms with Crippen LogP contribution in [0.15, 0.2) is 48.5 Å². The normalized spacial score (nSPS) is 11.2. The third kappa shape index (κ3) is 3.64. The van der Waals surface area contributed by atoms with Crippen molar-refractivity contribution < 1.29 is 17.9 Å². The van der Waals surface area contributed by atoms with Gasteiger partial charge in [0, 0.05) is 12.7 Å². The van der Waals surface area contributed by atoms with Crippen molar-refractivity contribution in [1.82, 2.24) is 0 Å². The summed E-state index contributed by atoms with van der Waals surface area (Å²) in [5.74, 6) is -0.219. The Kier molecular flexibility index (Phi) is 3.64. The Hall–Kier alpha value is -2.17. The van der Waals surface area contributed by atoms with Crippen molar-refractivity contribution in [3.05, 3.63) is 48.5 Å². The Morgan fingerprint density at radius 3 is 1.74 bits per heavy atom. The van der Waals surface area contributed by atoms with Crippen molar-refractivity contribution in [2.45, 2.75) is 6.36 Å². The second-order valence-electron chi connectivity index (χ2n) is 3.90. The largest absolute Gasteiger partial charge is 0.573 e. The van der Waals surface area contributed by atoms with Gasteiger partial charge < -0.3 is 10.1 Å². The second-order valence-corrected chi connectivity index (χ2v) is 3.90. The molecule has 0 aliphatic heterocycles. The number of nitrogens with one attached hydrogen (secondary N) is 1. The van der Waals surface area contributed by atoms with Crippen LogP contribution in [0.5, 0.6) is 5.75 Å². The fraction of sp³-hybridized carbons (Fsp3) is 0.143. The Morgan fingerprint density at radius 1 is 0.842 bits per heavy atom. The predicted octanol–water partition coefficient (Wildman–Crippen LogP) is 4.29. The molecule has 19 heavy (non-hydrogen) atoms. The van der Waals surface area contributed by atoms with Crippen molar-refractivity contribution in [2.75, 3.05) is 12.4 Å². The van der Waals surface area contributed by atoms with E-state index >= 15 is 0 Å². The highest BCUT2D eigenvalue weighted by molar-refractivity contribution is 5.66. The summed E-state index contributed by atoms with van der Waals surface area (Å²) in [5, 5.41) is 3.00. The first-order chi connectivity index (χ1) is 8.98. The zero-order valence-corrected chi connectivity index (χ0v) is 10.2. The summed E-state index contributed by atoms with van der Waals surface area (Å²) in [6, 6.07) is 13.4. The molecule has 2 nitrogen and oxygen atoms in total. The molecular weight excluding hydrogens is 255 g/mol. The number of halogens is 3. The lowest BCUT2D eigenvalue weighted by Gasteiger charge is -2.09. The minimum atomic E-state index is -4.66. The smallest absolute Gasteiger partial charge is 0.406 e. The number of alkyl halides is 3. The molecule has 2 aromatic rings. The topological polar surface area (TPSA) is 21.3 Å². The number of benzene rings is 2. The van der Waals surface area contributed by atoms with Gasteiger partial charge in [-0.25, -0.2) is 0 Å². The second kappa shape index (κ2) is 5.22. The van der Waals surface area contributed by atoms with E-state index in [1.165, 1.54) is 12.1 Å². The van der Waals surface area contributed by atoms with Crippen LogP contribution in [0.4, 0.5) is 18.9 Å². The maximum Gasteiger partial charge on any atom is 0.573 e. The van der Waals surface area contributed by atoms with E-state index in [1.54, 1.807) is 12.1 Å². The summed E-state index contributed by atoms with van der Waals surface area (Å²) in [5.41, 5.74) is 2.73. The first-order valence-corrected chi connectivity index (χ1v) is 5.62. The molecule has 0 spiro atoms. The van der Waals surface area contributed by atoms with Crippen LogP contribution in [0.2, 0.25) is 0 Å². The Balaban J connectivity index is 2.17. The monoisotopic (exact) mass is 267 g/mol. The zero-order valence-electron chi connectivity index (χ0n) is 10.2. The minimum Gasteiger partial charge on any atom is -0.406 e. The first-order valence-electron chi connectivity index (χ1n) is 5.62. The van der Waals surface area contributed by atoms with Crippen molar-refractivity contribution in [3.63, 3.8) is 0 Å². The van der Waals surface area contributed by atoms with Gasteiger partial charge in [-0.3, -0.25) is 0 Å². The summed E-state index contributed by atoms with van der Waals surface area (Å²) in [7, 11) is 1.82. The molecule has 0 fully saturated rings. The molecular formula is C14H12F3NO. The quantitative estimate of drug-likeness (QED) is 0.895. The van der Waals surface area contributed by atoms with Gasteiger partial charge in [0.05, 0.1) is 0 Å². The molecule has 0 aliphatic rings. The van der Waals surface area contributed by atoms with E-state index < -0.39 is 6.36 Å². The van der Waals surface area contributed by atoms with Gasteiger partial charge in [0.1, 0.15) is 5.75 Å². The number of hydrogen-bond acceptors (Lipinski definition) is 2. The van der Waals surface area contributed by atoms with E-state index in [2.05, 4.69) is 10.1 Å². The van der Waals surface area contributed by atoms with E-state index in [1.807, 2.05) is 31.3 Å². The Bertz CT molecular complexity index is 532. The van der Waals surface area contributed by atoms with Crippen LogP contribution in [0.1, 0.15) is 0 Å². The van der Waals surface area contributed by atoms with Gasteiger partial charge >= 0.3 is 6.36 Å². The van der Waals surface area contributed by atoms with Crippen LogP contribution in [0.25, 0.3) is 11.1 Å². The van der Waals surface area contributed by atoms with Crippen LogP contribution >= 0.6 is 0 Å². The first kappa shape index (κ1) is 13.3. The van der Waals surface area contributed by atoms with Crippen molar-refractivity contribution in [2.24, 2.45) is 0 Å². The van der Waals surface area contributed by atoms with Crippen LogP contribution in [-0.2, 0) is 0 Å². The van der Waals surface area contributed by atoms with Gasteiger partial charge in [0.15, 0.2) is 0 Å². The van der Waals surface area contributed by atoms with Crippen molar-refractivity contribution >= 4 is 5.69 Å². The lowest BCUT2D eigenvalue weighted by Crippen LogP contribution is -2.16. The van der Waals surface area contributed by atoms with Gasteiger partial charge in [0.2, 0.25) is 0 Å². The molecule has 0 amide bonds. The van der Waals surface area contributed by atoms with E-state index in [-0.39, 0.29) is 5.75 Å². The molecule has 2 rings (SSSR count). The maximum absolute atomic E-state index is 12.0. The molecule has 0 saturated carbocycles. The molecule has 100 valence electrons. The van der Waals surface area contributed by atoms with E-state index in [0.29, 0.717) is 0 Å². The van der Waals surface area contributed by atoms with Crippen LogP contribution < -0.4 is 10.1 Å². The molecule has 0 unspecified atom stereocenters. The van der Waals surface area contributed by atoms with Gasteiger partial charge in [-0.15, -0.1) is 13.2 Å². The van der Waals surface area contributed by atoms with Crippen LogP contribution in [-0.4, -0.2) is 13.4 Å². The highest BCUT2D eigenvalue weighted by atomic mass is 19.4. The highest BCUT2D eigenvalue weighted by Crippen LogP contribution is 2.27. The van der Waals surface area contributed by atoms with E-state index in [9.17, 15) is 13.2 Å². The van der Waals surface area contributed by atoms with Gasteiger partial charge in [-0.05, 0) is 35.4 Å². The third-order valence-electron chi connectivity index (χ3n) is 2.59. The van der Waals surface area contributed by atoms with Crippen molar-refractivity contribution in [3.8, 4) is 16.9 Å². The lowest BCUT2D eigenvalue weighted by atomic mass is 10.1. The SMILES string of the molecule is CNc1ccc(-c2ccc(OC(F)(F)F)cc2)cc1. The molecule has 1 N–H and O–H groups in total. The highest BCUT2D eigenvalue weighted by Gasteiger charge is 2.30. The summed E-state index contributed by atoms with van der Waals surface area (Å²) < 4.78 is 39.9. The standard InChI is InChI=1S/C14H12F3NO/c1-18-12-6-2-10(3-7-12)11-4-8-13(9-5-11)19-14(15,16)17/h2-9,18H,1H3. The summed E-state index contributed by atoms with van der Waals surface area (Å²) >= 11 is 0. The van der Waals surface area contributed by atoms with Crippen molar-refractivity contribution in [1.29, 1.82) is 0 Å². The molecule has 0 aromatic heterocycles. The molecule has 0 aliphatic carbocycles. The number of hydrogen-bond donors (Lipinski definition) is 1. The van der Waals surface area contributed by atoms with Gasteiger partial charge in [0.25, 0.3) is 0 Å². The predicted molar refractivity (Wildman–Crippen MR) is 68.1 cm³/mol. The molecule has 2 aromatic carbocycles. The molecule has 0 atom stereocenters. The Morgan fingerprint density at radius 2 is 1.32 bits per heavy atom. The molecule has 0 saturated heterocycles. The lowest BCUT2D eigenvalue weighted by molar-refractivity contribution is -0.274. The fourth-order valence-electron chi connectivity index (χ4n) is 1.68. The average molecular weight is 267 g/mol. The molecule has 5 heteroatoms. The summed E-state index contributed by atoms with van der Waals surface area (Å²) in [6.45, 7) is 0. The number of anilines is 1. The van der Waals surface area contributed by atoms with E-state index in [4.69, 9.17) is 0 Å². The molecule has 0 bridgehead atoms. The van der Waals surface area contributed by atoms with Crippen LogP contribution in [0.3, 0.4) is 0 Å². The zero-order chi connectivity index (χ0) is 13.9. The average Bonchev–Trinajstić information content (AvgIpc) is 2.38. The third-order valence-corrected chi connectivity index (χ3v) is 2.59. The Labute approximate surface area is 108 Å². The summed E-state index contributed by atoms with van der Waals surface area (Å²) in [4.78, 5) is 0. The van der Waals surface area contributed by atoms with Gasteiger partial charge in [-0.2, -0.15) is 0 Å². The van der Waals surface area contributed by atoms with Crippen LogP contribution in [0, 0.1) is 0 Å². The molecule has 0 radical (unpaired) electrons.